The molecule has 212 valence electrons. The summed E-state index contributed by atoms with van der Waals surface area (Å²) in [5.41, 5.74) is 2.20. The van der Waals surface area contributed by atoms with Gasteiger partial charge in [0, 0.05) is 0 Å². The molecule has 42 heavy (non-hydrogen) atoms. The van der Waals surface area contributed by atoms with Crippen molar-refractivity contribution < 1.29 is 26.9 Å². The SMILES string of the molecule is CCOc1cc(C=C2C(=O)N(c3ccccc3)C(=S)N(c3ccccc3)C2=O)ccc1OS(=O)(=O)c1ccc(C)cc1. The topological polar surface area (TPSA) is 93.2 Å². The van der Waals surface area contributed by atoms with Crippen LogP contribution in [0, 0.1) is 6.92 Å². The number of carbonyl (C=O) groups excluding carboxylic acids is 2. The van der Waals surface area contributed by atoms with Gasteiger partial charge in [0.15, 0.2) is 16.6 Å². The van der Waals surface area contributed by atoms with Crippen LogP contribution in [0.1, 0.15) is 18.1 Å². The van der Waals surface area contributed by atoms with Crippen molar-refractivity contribution in [2.45, 2.75) is 18.7 Å². The number of rotatable bonds is 8. The number of thiocarbonyl (C=S) groups is 1. The molecule has 0 aliphatic carbocycles. The average molecular weight is 599 g/mol. The van der Waals surface area contributed by atoms with E-state index in [1.165, 1.54) is 40.1 Å². The van der Waals surface area contributed by atoms with E-state index in [0.717, 1.165) is 5.56 Å². The smallest absolute Gasteiger partial charge is 0.339 e. The lowest BCUT2D eigenvalue weighted by molar-refractivity contribution is -0.120. The molecule has 0 bridgehead atoms. The second kappa shape index (κ2) is 12.0. The summed E-state index contributed by atoms with van der Waals surface area (Å²) in [5, 5.41) is 0.0274. The van der Waals surface area contributed by atoms with Crippen LogP contribution in [0.4, 0.5) is 11.4 Å². The van der Waals surface area contributed by atoms with Gasteiger partial charge in [-0.3, -0.25) is 19.4 Å². The zero-order valence-corrected chi connectivity index (χ0v) is 24.4. The third-order valence-electron chi connectivity index (χ3n) is 6.37. The summed E-state index contributed by atoms with van der Waals surface area (Å²) in [6.07, 6.45) is 1.43. The maximum absolute atomic E-state index is 13.8. The monoisotopic (exact) mass is 598 g/mol. The number of hydrogen-bond donors (Lipinski definition) is 0. The van der Waals surface area contributed by atoms with Crippen LogP contribution in [0.15, 0.2) is 114 Å². The van der Waals surface area contributed by atoms with Crippen molar-refractivity contribution in [3.63, 3.8) is 0 Å². The predicted molar refractivity (Wildman–Crippen MR) is 165 cm³/mol. The minimum Gasteiger partial charge on any atom is -0.490 e. The van der Waals surface area contributed by atoms with Crippen LogP contribution < -0.4 is 18.7 Å². The molecule has 0 unspecified atom stereocenters. The van der Waals surface area contributed by atoms with Gasteiger partial charge in [-0.15, -0.1) is 0 Å². The van der Waals surface area contributed by atoms with Crippen LogP contribution >= 0.6 is 12.2 Å². The Morgan fingerprint density at radius 3 is 1.83 bits per heavy atom. The van der Waals surface area contributed by atoms with E-state index < -0.39 is 21.9 Å². The minimum absolute atomic E-state index is 0.00174. The molecule has 0 N–H and O–H groups in total. The highest BCUT2D eigenvalue weighted by atomic mass is 32.2. The molecule has 0 radical (unpaired) electrons. The summed E-state index contributed by atoms with van der Waals surface area (Å²) >= 11 is 5.64. The van der Waals surface area contributed by atoms with Crippen LogP contribution in [0.2, 0.25) is 0 Å². The number of ether oxygens (including phenoxy) is 1. The van der Waals surface area contributed by atoms with Crippen LogP contribution in [0.25, 0.3) is 6.08 Å². The van der Waals surface area contributed by atoms with E-state index in [4.69, 9.17) is 21.1 Å². The first kappa shape index (κ1) is 28.7. The third-order valence-corrected chi connectivity index (χ3v) is 7.98. The molecule has 5 rings (SSSR count). The maximum atomic E-state index is 13.8. The Morgan fingerprint density at radius 2 is 1.31 bits per heavy atom. The standard InChI is InChI=1S/C32H26N2O6S2/c1-3-39-29-21-23(16-19-28(29)40-42(37,38)26-17-14-22(2)15-18-26)20-27-30(35)33(24-10-6-4-7-11-24)32(41)34(31(27)36)25-12-8-5-9-13-25/h4-21H,3H2,1-2H3. The zero-order valence-electron chi connectivity index (χ0n) is 22.8. The first-order valence-electron chi connectivity index (χ1n) is 13.0. The zero-order chi connectivity index (χ0) is 29.9. The Morgan fingerprint density at radius 1 is 0.762 bits per heavy atom. The molecule has 1 aliphatic rings. The summed E-state index contributed by atoms with van der Waals surface area (Å²) in [5.74, 6) is -1.08. The molecule has 2 amide bonds. The summed E-state index contributed by atoms with van der Waals surface area (Å²) < 4.78 is 37.0. The van der Waals surface area contributed by atoms with Gasteiger partial charge in [-0.05, 0) is 86.2 Å². The largest absolute Gasteiger partial charge is 0.490 e. The normalized spacial score (nSPS) is 13.8. The molecule has 10 heteroatoms. The summed E-state index contributed by atoms with van der Waals surface area (Å²) in [6.45, 7) is 3.82. The number of nitrogens with zero attached hydrogens (tertiary/aromatic N) is 2. The van der Waals surface area contributed by atoms with Gasteiger partial charge in [-0.1, -0.05) is 60.2 Å². The maximum Gasteiger partial charge on any atom is 0.339 e. The highest BCUT2D eigenvalue weighted by Crippen LogP contribution is 2.34. The number of para-hydroxylation sites is 2. The lowest BCUT2D eigenvalue weighted by atomic mass is 10.0. The van der Waals surface area contributed by atoms with Crippen LogP contribution in [-0.2, 0) is 19.7 Å². The van der Waals surface area contributed by atoms with E-state index in [-0.39, 0.29) is 33.7 Å². The second-order valence-corrected chi connectivity index (χ2v) is 11.2. The molecular weight excluding hydrogens is 572 g/mol. The van der Waals surface area contributed by atoms with E-state index in [1.807, 2.05) is 19.1 Å². The number of aryl methyl sites for hydroxylation is 1. The van der Waals surface area contributed by atoms with Gasteiger partial charge in [0.1, 0.15) is 10.5 Å². The van der Waals surface area contributed by atoms with Crippen molar-refractivity contribution in [1.82, 2.24) is 0 Å². The summed E-state index contributed by atoms with van der Waals surface area (Å²) in [4.78, 5) is 30.1. The molecule has 1 saturated heterocycles. The predicted octanol–water partition coefficient (Wildman–Crippen LogP) is 5.91. The van der Waals surface area contributed by atoms with Gasteiger partial charge in [0.05, 0.1) is 18.0 Å². The first-order valence-corrected chi connectivity index (χ1v) is 14.8. The van der Waals surface area contributed by atoms with E-state index in [0.29, 0.717) is 16.9 Å². The van der Waals surface area contributed by atoms with Crippen LogP contribution in [0.5, 0.6) is 11.5 Å². The fourth-order valence-electron chi connectivity index (χ4n) is 4.33. The number of carbonyl (C=O) groups is 2. The fraction of sp³-hybridized carbons (Fsp3) is 0.0938. The lowest BCUT2D eigenvalue weighted by Gasteiger charge is -2.36. The van der Waals surface area contributed by atoms with Gasteiger partial charge in [0.2, 0.25) is 0 Å². The highest BCUT2D eigenvalue weighted by Gasteiger charge is 2.41. The molecule has 0 atom stereocenters. The molecule has 1 aliphatic heterocycles. The molecule has 0 saturated carbocycles. The molecule has 8 nitrogen and oxygen atoms in total. The van der Waals surface area contributed by atoms with Crippen molar-refractivity contribution in [2.24, 2.45) is 0 Å². The Kier molecular flexibility index (Phi) is 8.19. The fourth-order valence-corrected chi connectivity index (χ4v) is 5.64. The van der Waals surface area contributed by atoms with Crippen molar-refractivity contribution >= 4 is 56.7 Å². The second-order valence-electron chi connectivity index (χ2n) is 9.28. The number of benzene rings is 4. The third kappa shape index (κ3) is 5.81. The van der Waals surface area contributed by atoms with Gasteiger partial charge in [0.25, 0.3) is 11.8 Å². The molecular formula is C32H26N2O6S2. The average Bonchev–Trinajstić information content (AvgIpc) is 2.98. The Labute approximate surface area is 249 Å². The lowest BCUT2D eigenvalue weighted by Crippen LogP contribution is -2.56. The molecule has 0 aromatic heterocycles. The van der Waals surface area contributed by atoms with E-state index in [1.54, 1.807) is 73.7 Å². The molecule has 4 aromatic carbocycles. The molecule has 0 spiro atoms. The highest BCUT2D eigenvalue weighted by molar-refractivity contribution is 7.87. The number of amides is 2. The molecule has 1 fully saturated rings. The minimum atomic E-state index is -4.14. The molecule has 1 heterocycles. The van der Waals surface area contributed by atoms with E-state index in [2.05, 4.69) is 0 Å². The quantitative estimate of drug-likeness (QED) is 0.108. The van der Waals surface area contributed by atoms with Gasteiger partial charge < -0.3 is 8.92 Å². The number of anilines is 2. The van der Waals surface area contributed by atoms with Crippen LogP contribution in [0.3, 0.4) is 0 Å². The Balaban J connectivity index is 1.55. The Bertz CT molecular complexity index is 1720. The van der Waals surface area contributed by atoms with Crippen LogP contribution in [-0.4, -0.2) is 32.0 Å². The molecule has 4 aromatic rings. The van der Waals surface area contributed by atoms with Crippen molar-refractivity contribution in [3.8, 4) is 11.5 Å². The van der Waals surface area contributed by atoms with Gasteiger partial charge in [-0.25, -0.2) is 0 Å². The number of hydrogen-bond acceptors (Lipinski definition) is 7. The summed E-state index contributed by atoms with van der Waals surface area (Å²) in [7, 11) is -4.14. The van der Waals surface area contributed by atoms with Crippen molar-refractivity contribution in [1.29, 1.82) is 0 Å². The summed E-state index contributed by atoms with van der Waals surface area (Å²) in [6, 6.07) is 28.4. The first-order chi connectivity index (χ1) is 20.2. The van der Waals surface area contributed by atoms with Crippen molar-refractivity contribution in [2.75, 3.05) is 16.4 Å². The van der Waals surface area contributed by atoms with E-state index >= 15 is 0 Å². The van der Waals surface area contributed by atoms with Crippen molar-refractivity contribution in [3.05, 3.63) is 120 Å². The van der Waals surface area contributed by atoms with Gasteiger partial charge in [-0.2, -0.15) is 8.42 Å². The van der Waals surface area contributed by atoms with Gasteiger partial charge >= 0.3 is 10.1 Å². The Hall–Kier alpha value is -4.80. The van der Waals surface area contributed by atoms with E-state index in [9.17, 15) is 18.0 Å².